The third-order valence-electron chi connectivity index (χ3n) is 2.41. The van der Waals surface area contributed by atoms with Crippen molar-refractivity contribution in [1.29, 1.82) is 0 Å². The second kappa shape index (κ2) is 5.56. The van der Waals surface area contributed by atoms with Gasteiger partial charge in [-0.15, -0.1) is 10.2 Å². The van der Waals surface area contributed by atoms with Crippen LogP contribution in [0.15, 0.2) is 29.4 Å². The standard InChI is InChI=1S/C12H14ClN3S/c1-3-16-11(14-15-12(16)17-4-2)9-5-7-10(13)8-6-9/h5-8H,3-4H2,1-2H3. The molecule has 1 heterocycles. The summed E-state index contributed by atoms with van der Waals surface area (Å²) in [6, 6.07) is 7.69. The van der Waals surface area contributed by atoms with E-state index in [0.717, 1.165) is 33.9 Å². The van der Waals surface area contributed by atoms with Crippen molar-refractivity contribution in [2.45, 2.75) is 25.5 Å². The summed E-state index contributed by atoms with van der Waals surface area (Å²) in [5, 5.41) is 10.2. The molecule has 0 unspecified atom stereocenters. The molecule has 0 amide bonds. The molecule has 0 saturated carbocycles. The summed E-state index contributed by atoms with van der Waals surface area (Å²) in [5.74, 6) is 1.90. The van der Waals surface area contributed by atoms with Crippen molar-refractivity contribution in [2.75, 3.05) is 5.75 Å². The van der Waals surface area contributed by atoms with E-state index in [1.807, 2.05) is 24.3 Å². The number of hydrogen-bond acceptors (Lipinski definition) is 3. The van der Waals surface area contributed by atoms with Crippen LogP contribution < -0.4 is 0 Å². The van der Waals surface area contributed by atoms with Crippen LogP contribution in [0.5, 0.6) is 0 Å². The number of hydrogen-bond donors (Lipinski definition) is 0. The molecule has 0 radical (unpaired) electrons. The largest absolute Gasteiger partial charge is 0.302 e. The maximum atomic E-state index is 5.88. The Morgan fingerprint density at radius 1 is 1.18 bits per heavy atom. The Balaban J connectivity index is 2.41. The molecule has 0 saturated heterocycles. The average Bonchev–Trinajstić information content (AvgIpc) is 2.73. The van der Waals surface area contributed by atoms with E-state index >= 15 is 0 Å². The van der Waals surface area contributed by atoms with Gasteiger partial charge >= 0.3 is 0 Å². The molecular formula is C12H14ClN3S. The van der Waals surface area contributed by atoms with Crippen molar-refractivity contribution in [1.82, 2.24) is 14.8 Å². The summed E-state index contributed by atoms with van der Waals surface area (Å²) in [7, 11) is 0. The van der Waals surface area contributed by atoms with Crippen LogP contribution in [0, 0.1) is 0 Å². The van der Waals surface area contributed by atoms with E-state index in [2.05, 4.69) is 28.6 Å². The molecule has 0 aliphatic rings. The van der Waals surface area contributed by atoms with E-state index < -0.39 is 0 Å². The normalized spacial score (nSPS) is 10.8. The number of benzene rings is 1. The van der Waals surface area contributed by atoms with Gasteiger partial charge < -0.3 is 4.57 Å². The lowest BCUT2D eigenvalue weighted by Crippen LogP contribution is -1.99. The van der Waals surface area contributed by atoms with Crippen molar-refractivity contribution >= 4 is 23.4 Å². The minimum atomic E-state index is 0.736. The fourth-order valence-electron chi connectivity index (χ4n) is 1.62. The van der Waals surface area contributed by atoms with Gasteiger partial charge in [-0.1, -0.05) is 30.3 Å². The molecule has 2 rings (SSSR count). The number of halogens is 1. The lowest BCUT2D eigenvalue weighted by molar-refractivity contribution is 0.687. The molecule has 1 aromatic heterocycles. The summed E-state index contributed by atoms with van der Waals surface area (Å²) < 4.78 is 2.12. The first-order chi connectivity index (χ1) is 8.26. The molecule has 0 aliphatic heterocycles. The summed E-state index contributed by atoms with van der Waals surface area (Å²) in [4.78, 5) is 0. The molecular weight excluding hydrogens is 254 g/mol. The Morgan fingerprint density at radius 2 is 1.88 bits per heavy atom. The fourth-order valence-corrected chi connectivity index (χ4v) is 2.48. The van der Waals surface area contributed by atoms with Crippen molar-refractivity contribution in [2.24, 2.45) is 0 Å². The van der Waals surface area contributed by atoms with Crippen molar-refractivity contribution in [3.8, 4) is 11.4 Å². The predicted octanol–water partition coefficient (Wildman–Crippen LogP) is 3.73. The molecule has 0 fully saturated rings. The topological polar surface area (TPSA) is 30.7 Å². The van der Waals surface area contributed by atoms with Gasteiger partial charge in [0.2, 0.25) is 0 Å². The zero-order valence-corrected chi connectivity index (χ0v) is 11.4. The Kier molecular flexibility index (Phi) is 4.07. The predicted molar refractivity (Wildman–Crippen MR) is 72.5 cm³/mol. The molecule has 3 nitrogen and oxygen atoms in total. The van der Waals surface area contributed by atoms with Gasteiger partial charge in [-0.05, 0) is 36.9 Å². The number of aromatic nitrogens is 3. The molecule has 17 heavy (non-hydrogen) atoms. The average molecular weight is 268 g/mol. The van der Waals surface area contributed by atoms with Crippen LogP contribution in [0.4, 0.5) is 0 Å². The highest BCUT2D eigenvalue weighted by Crippen LogP contribution is 2.24. The molecule has 0 atom stereocenters. The molecule has 5 heteroatoms. The van der Waals surface area contributed by atoms with Crippen LogP contribution >= 0.6 is 23.4 Å². The summed E-state index contributed by atoms with van der Waals surface area (Å²) in [5.41, 5.74) is 1.05. The highest BCUT2D eigenvalue weighted by atomic mass is 35.5. The molecule has 0 bridgehead atoms. The van der Waals surface area contributed by atoms with Crippen molar-refractivity contribution < 1.29 is 0 Å². The molecule has 0 N–H and O–H groups in total. The first-order valence-electron chi connectivity index (χ1n) is 5.58. The quantitative estimate of drug-likeness (QED) is 0.791. The first kappa shape index (κ1) is 12.5. The van der Waals surface area contributed by atoms with E-state index in [4.69, 9.17) is 11.6 Å². The summed E-state index contributed by atoms with van der Waals surface area (Å²) >= 11 is 7.59. The summed E-state index contributed by atoms with van der Waals surface area (Å²) in [6.07, 6.45) is 0. The maximum absolute atomic E-state index is 5.88. The Bertz CT molecular complexity index is 493. The van der Waals surface area contributed by atoms with Crippen molar-refractivity contribution in [3.63, 3.8) is 0 Å². The molecule has 1 aromatic carbocycles. The van der Waals surface area contributed by atoms with Crippen LogP contribution in [0.25, 0.3) is 11.4 Å². The highest BCUT2D eigenvalue weighted by Gasteiger charge is 2.11. The van der Waals surface area contributed by atoms with E-state index in [0.29, 0.717) is 0 Å². The molecule has 90 valence electrons. The van der Waals surface area contributed by atoms with Gasteiger partial charge in [-0.3, -0.25) is 0 Å². The van der Waals surface area contributed by atoms with E-state index in [1.54, 1.807) is 11.8 Å². The highest BCUT2D eigenvalue weighted by molar-refractivity contribution is 7.99. The number of nitrogens with zero attached hydrogens (tertiary/aromatic N) is 3. The van der Waals surface area contributed by atoms with E-state index in [1.165, 1.54) is 0 Å². The lowest BCUT2D eigenvalue weighted by Gasteiger charge is -2.06. The Morgan fingerprint density at radius 3 is 2.47 bits per heavy atom. The van der Waals surface area contributed by atoms with E-state index in [-0.39, 0.29) is 0 Å². The Labute approximate surface area is 110 Å². The van der Waals surface area contributed by atoms with Gasteiger partial charge in [0.05, 0.1) is 0 Å². The Hall–Kier alpha value is -1.00. The van der Waals surface area contributed by atoms with Gasteiger partial charge in [0, 0.05) is 17.1 Å². The zero-order chi connectivity index (χ0) is 12.3. The summed E-state index contributed by atoms with van der Waals surface area (Å²) in [6.45, 7) is 5.08. The first-order valence-corrected chi connectivity index (χ1v) is 6.94. The van der Waals surface area contributed by atoms with Crippen molar-refractivity contribution in [3.05, 3.63) is 29.3 Å². The van der Waals surface area contributed by atoms with Gasteiger partial charge in [-0.2, -0.15) is 0 Å². The van der Waals surface area contributed by atoms with Gasteiger partial charge in [0.25, 0.3) is 0 Å². The van der Waals surface area contributed by atoms with Crippen LogP contribution in [-0.2, 0) is 6.54 Å². The molecule has 0 spiro atoms. The minimum absolute atomic E-state index is 0.736. The number of rotatable bonds is 4. The third kappa shape index (κ3) is 2.64. The molecule has 2 aromatic rings. The fraction of sp³-hybridized carbons (Fsp3) is 0.333. The van der Waals surface area contributed by atoms with Crippen LogP contribution in [0.3, 0.4) is 0 Å². The van der Waals surface area contributed by atoms with Gasteiger partial charge in [0.1, 0.15) is 0 Å². The second-order valence-corrected chi connectivity index (χ2v) is 5.16. The van der Waals surface area contributed by atoms with Gasteiger partial charge in [0.15, 0.2) is 11.0 Å². The van der Waals surface area contributed by atoms with Crippen LogP contribution in [-0.4, -0.2) is 20.5 Å². The van der Waals surface area contributed by atoms with E-state index in [9.17, 15) is 0 Å². The number of thioether (sulfide) groups is 1. The van der Waals surface area contributed by atoms with Gasteiger partial charge in [-0.25, -0.2) is 0 Å². The minimum Gasteiger partial charge on any atom is -0.302 e. The third-order valence-corrected chi connectivity index (χ3v) is 3.51. The lowest BCUT2D eigenvalue weighted by atomic mass is 10.2. The second-order valence-electron chi connectivity index (χ2n) is 3.49. The van der Waals surface area contributed by atoms with Crippen LogP contribution in [0.1, 0.15) is 13.8 Å². The SMILES string of the molecule is CCSc1nnc(-c2ccc(Cl)cc2)n1CC. The van der Waals surface area contributed by atoms with Crippen LogP contribution in [0.2, 0.25) is 5.02 Å². The zero-order valence-electron chi connectivity index (χ0n) is 9.85. The monoisotopic (exact) mass is 267 g/mol. The smallest absolute Gasteiger partial charge is 0.191 e. The molecule has 0 aliphatic carbocycles. The maximum Gasteiger partial charge on any atom is 0.191 e.